The second-order valence-corrected chi connectivity index (χ2v) is 6.62. The Hall–Kier alpha value is -2.58. The van der Waals surface area contributed by atoms with Crippen molar-refractivity contribution in [2.24, 2.45) is 0 Å². The first-order valence-corrected chi connectivity index (χ1v) is 9.27. The van der Waals surface area contributed by atoms with Gasteiger partial charge in [0.15, 0.2) is 18.1 Å². The predicted octanol–water partition coefficient (Wildman–Crippen LogP) is 3.31. The minimum absolute atomic E-state index is 0.0954. The molecule has 27 heavy (non-hydrogen) atoms. The molecular formula is C18H18ClNO6S. The third-order valence-electron chi connectivity index (χ3n) is 3.25. The molecule has 0 aliphatic carbocycles. The summed E-state index contributed by atoms with van der Waals surface area (Å²) in [4.78, 5) is 36.1. The van der Waals surface area contributed by atoms with E-state index in [1.165, 1.54) is 30.6 Å². The lowest BCUT2D eigenvalue weighted by molar-refractivity contribution is -0.123. The van der Waals surface area contributed by atoms with E-state index < -0.39 is 24.4 Å². The van der Waals surface area contributed by atoms with Crippen molar-refractivity contribution >= 4 is 40.7 Å². The molecule has 0 radical (unpaired) electrons. The Morgan fingerprint density at radius 2 is 2.04 bits per heavy atom. The Bertz CT molecular complexity index is 822. The average Bonchev–Trinajstić information content (AvgIpc) is 3.19. The van der Waals surface area contributed by atoms with Gasteiger partial charge in [-0.1, -0.05) is 24.6 Å². The molecule has 0 saturated heterocycles. The number of esters is 1. The van der Waals surface area contributed by atoms with E-state index in [1.54, 1.807) is 17.5 Å². The van der Waals surface area contributed by atoms with Crippen LogP contribution >= 0.6 is 22.9 Å². The number of hydrogen-bond acceptors (Lipinski definition) is 7. The zero-order chi connectivity index (χ0) is 19.8. The number of thiophene rings is 1. The molecule has 2 amide bonds. The summed E-state index contributed by atoms with van der Waals surface area (Å²) in [6.07, 6.45) is 0.780. The standard InChI is InChI=1S/C18H18ClNO6S/c1-3-6-25-16-12(19)8-11(9-13(16)24-2)18(23)26-10-15(21)20-17(22)14-5-4-7-27-14/h4-5,7-9H,3,6,10H2,1-2H3,(H,20,21,22). The SMILES string of the molecule is CCCOc1c(Cl)cc(C(=O)OCC(=O)NC(=O)c2cccs2)cc1OC. The molecule has 0 saturated carbocycles. The van der Waals surface area contributed by atoms with Crippen LogP contribution in [0, 0.1) is 0 Å². The van der Waals surface area contributed by atoms with Gasteiger partial charge in [0, 0.05) is 0 Å². The van der Waals surface area contributed by atoms with Gasteiger partial charge in [-0.15, -0.1) is 11.3 Å². The Balaban J connectivity index is 1.98. The fraction of sp³-hybridized carbons (Fsp3) is 0.278. The topological polar surface area (TPSA) is 90.9 Å². The van der Waals surface area contributed by atoms with Crippen molar-refractivity contribution in [2.45, 2.75) is 13.3 Å². The van der Waals surface area contributed by atoms with E-state index in [-0.39, 0.29) is 16.3 Å². The maximum Gasteiger partial charge on any atom is 0.338 e. The quantitative estimate of drug-likeness (QED) is 0.670. The summed E-state index contributed by atoms with van der Waals surface area (Å²) in [5.74, 6) is -1.45. The highest BCUT2D eigenvalue weighted by Gasteiger charge is 2.18. The highest BCUT2D eigenvalue weighted by Crippen LogP contribution is 2.36. The Morgan fingerprint density at radius 1 is 1.26 bits per heavy atom. The summed E-state index contributed by atoms with van der Waals surface area (Å²) >= 11 is 7.34. The molecule has 2 rings (SSSR count). The smallest absolute Gasteiger partial charge is 0.338 e. The molecule has 1 N–H and O–H groups in total. The van der Waals surface area contributed by atoms with Crippen LogP contribution in [0.15, 0.2) is 29.6 Å². The lowest BCUT2D eigenvalue weighted by atomic mass is 10.2. The van der Waals surface area contributed by atoms with Crippen molar-refractivity contribution in [2.75, 3.05) is 20.3 Å². The van der Waals surface area contributed by atoms with Crippen molar-refractivity contribution in [3.05, 3.63) is 45.1 Å². The number of halogens is 1. The van der Waals surface area contributed by atoms with Gasteiger partial charge in [0.2, 0.25) is 0 Å². The molecule has 0 atom stereocenters. The van der Waals surface area contributed by atoms with Crippen LogP contribution in [-0.2, 0) is 9.53 Å². The molecule has 1 aromatic carbocycles. The normalized spacial score (nSPS) is 10.2. The second kappa shape index (κ2) is 9.94. The van der Waals surface area contributed by atoms with Crippen LogP contribution in [0.3, 0.4) is 0 Å². The first kappa shape index (κ1) is 20.7. The van der Waals surface area contributed by atoms with Crippen LogP contribution in [0.25, 0.3) is 0 Å². The third kappa shape index (κ3) is 5.70. The number of methoxy groups -OCH3 is 1. The van der Waals surface area contributed by atoms with Crippen LogP contribution in [0.2, 0.25) is 5.02 Å². The van der Waals surface area contributed by atoms with Gasteiger partial charge in [-0.2, -0.15) is 0 Å². The fourth-order valence-corrected chi connectivity index (χ4v) is 2.91. The molecule has 7 nitrogen and oxygen atoms in total. The largest absolute Gasteiger partial charge is 0.493 e. The van der Waals surface area contributed by atoms with Crippen molar-refractivity contribution in [3.63, 3.8) is 0 Å². The number of benzene rings is 1. The highest BCUT2D eigenvalue weighted by molar-refractivity contribution is 7.12. The zero-order valence-electron chi connectivity index (χ0n) is 14.7. The first-order chi connectivity index (χ1) is 13.0. The number of rotatable bonds is 8. The predicted molar refractivity (Wildman–Crippen MR) is 101 cm³/mol. The summed E-state index contributed by atoms with van der Waals surface area (Å²) in [6, 6.07) is 6.05. The Labute approximate surface area is 165 Å². The molecule has 0 bridgehead atoms. The molecule has 0 fully saturated rings. The summed E-state index contributed by atoms with van der Waals surface area (Å²) in [5.41, 5.74) is 0.0954. The molecule has 0 unspecified atom stereocenters. The van der Waals surface area contributed by atoms with Crippen LogP contribution in [-0.4, -0.2) is 38.1 Å². The molecule has 1 heterocycles. The number of carbonyl (C=O) groups excluding carboxylic acids is 3. The van der Waals surface area contributed by atoms with Gasteiger partial charge in [0.25, 0.3) is 11.8 Å². The monoisotopic (exact) mass is 411 g/mol. The van der Waals surface area contributed by atoms with Crippen LogP contribution in [0.1, 0.15) is 33.4 Å². The van der Waals surface area contributed by atoms with E-state index in [1.807, 2.05) is 6.92 Å². The minimum atomic E-state index is -0.782. The maximum atomic E-state index is 12.2. The zero-order valence-corrected chi connectivity index (χ0v) is 16.3. The molecule has 2 aromatic rings. The van der Waals surface area contributed by atoms with Gasteiger partial charge < -0.3 is 14.2 Å². The van der Waals surface area contributed by atoms with Gasteiger partial charge in [-0.25, -0.2) is 4.79 Å². The van der Waals surface area contributed by atoms with E-state index >= 15 is 0 Å². The summed E-state index contributed by atoms with van der Waals surface area (Å²) < 4.78 is 15.6. The van der Waals surface area contributed by atoms with Crippen LogP contribution in [0.4, 0.5) is 0 Å². The molecular weight excluding hydrogens is 394 g/mol. The number of hydrogen-bond donors (Lipinski definition) is 1. The first-order valence-electron chi connectivity index (χ1n) is 8.01. The number of nitrogens with one attached hydrogen (secondary N) is 1. The highest BCUT2D eigenvalue weighted by atomic mass is 35.5. The molecule has 0 spiro atoms. The van der Waals surface area contributed by atoms with E-state index in [2.05, 4.69) is 5.32 Å². The van der Waals surface area contributed by atoms with Gasteiger partial charge in [0.05, 0.1) is 29.2 Å². The number of imide groups is 1. The van der Waals surface area contributed by atoms with Crippen molar-refractivity contribution in [3.8, 4) is 11.5 Å². The molecule has 9 heteroatoms. The maximum absolute atomic E-state index is 12.2. The number of amides is 2. The molecule has 0 aliphatic rings. The minimum Gasteiger partial charge on any atom is -0.493 e. The van der Waals surface area contributed by atoms with E-state index in [0.717, 1.165) is 6.42 Å². The van der Waals surface area contributed by atoms with Gasteiger partial charge in [0.1, 0.15) is 0 Å². The van der Waals surface area contributed by atoms with Gasteiger partial charge in [-0.05, 0) is 30.0 Å². The van der Waals surface area contributed by atoms with Crippen LogP contribution in [0.5, 0.6) is 11.5 Å². The molecule has 144 valence electrons. The van der Waals surface area contributed by atoms with E-state index in [0.29, 0.717) is 17.2 Å². The third-order valence-corrected chi connectivity index (χ3v) is 4.40. The van der Waals surface area contributed by atoms with Gasteiger partial charge in [-0.3, -0.25) is 14.9 Å². The summed E-state index contributed by atoms with van der Waals surface area (Å²) in [7, 11) is 1.42. The fourth-order valence-electron chi connectivity index (χ4n) is 2.03. The average molecular weight is 412 g/mol. The summed E-state index contributed by atoms with van der Waals surface area (Å²) in [6.45, 7) is 1.78. The van der Waals surface area contributed by atoms with Crippen molar-refractivity contribution < 1.29 is 28.6 Å². The van der Waals surface area contributed by atoms with Crippen molar-refractivity contribution in [1.82, 2.24) is 5.32 Å². The van der Waals surface area contributed by atoms with Crippen LogP contribution < -0.4 is 14.8 Å². The number of ether oxygens (including phenoxy) is 3. The lowest BCUT2D eigenvalue weighted by Gasteiger charge is -2.13. The second-order valence-electron chi connectivity index (χ2n) is 5.27. The summed E-state index contributed by atoms with van der Waals surface area (Å²) in [5, 5.41) is 4.04. The Morgan fingerprint density at radius 3 is 2.67 bits per heavy atom. The molecule has 1 aromatic heterocycles. The van der Waals surface area contributed by atoms with E-state index in [9.17, 15) is 14.4 Å². The van der Waals surface area contributed by atoms with Crippen molar-refractivity contribution in [1.29, 1.82) is 0 Å². The molecule has 0 aliphatic heterocycles. The number of carbonyl (C=O) groups is 3. The van der Waals surface area contributed by atoms with Gasteiger partial charge >= 0.3 is 5.97 Å². The van der Waals surface area contributed by atoms with E-state index in [4.69, 9.17) is 25.8 Å². The lowest BCUT2D eigenvalue weighted by Crippen LogP contribution is -2.33. The Kier molecular flexibility index (Phi) is 7.63.